The van der Waals surface area contributed by atoms with Gasteiger partial charge in [0.1, 0.15) is 60.5 Å². The molecule has 15 atom stereocenters. The highest BCUT2D eigenvalue weighted by Gasteiger charge is 2.44. The van der Waals surface area contributed by atoms with E-state index < -0.39 is 169 Å². The van der Waals surface area contributed by atoms with Crippen LogP contribution in [0.15, 0.2) is 30.3 Å². The summed E-state index contributed by atoms with van der Waals surface area (Å²) in [5, 5.41) is 68.2. The predicted molar refractivity (Wildman–Crippen MR) is 284 cm³/mol. The summed E-state index contributed by atoms with van der Waals surface area (Å²) in [5.74, 6) is -12.1. The monoisotopic (exact) mass is 1110 g/mol. The fourth-order valence-corrected chi connectivity index (χ4v) is 8.57. The van der Waals surface area contributed by atoms with Gasteiger partial charge in [0.15, 0.2) is 0 Å². The number of likely N-dealkylation sites (N-methyl/N-ethyl adjacent to an activating group) is 3. The van der Waals surface area contributed by atoms with Gasteiger partial charge in [-0.1, -0.05) is 105 Å². The number of hydrogen-bond donors (Lipinski definition) is 11. The zero-order valence-electron chi connectivity index (χ0n) is 47.3. The molecule has 0 aromatic heterocycles. The Labute approximate surface area is 457 Å². The number of carbonyl (C=O) groups is 10. The number of ether oxygens (including phenoxy) is 1. The molecular formula is C53H87N9O16. The molecule has 0 bridgehead atoms. The molecule has 0 aliphatic carbocycles. The van der Waals surface area contributed by atoms with Gasteiger partial charge in [0.25, 0.3) is 5.91 Å². The molecule has 440 valence electrons. The van der Waals surface area contributed by atoms with Crippen molar-refractivity contribution in [1.29, 1.82) is 0 Å². The molecule has 1 aliphatic rings. The highest BCUT2D eigenvalue weighted by atomic mass is 16.6. The summed E-state index contributed by atoms with van der Waals surface area (Å²) in [6.45, 7) is 13.1. The fraction of sp³-hybridized carbons (Fsp3) is 0.698. The molecule has 0 radical (unpaired) electrons. The van der Waals surface area contributed by atoms with Gasteiger partial charge in [-0.05, 0) is 49.5 Å². The van der Waals surface area contributed by atoms with Crippen LogP contribution in [0.3, 0.4) is 0 Å². The Balaban J connectivity index is 2.90. The van der Waals surface area contributed by atoms with Gasteiger partial charge in [-0.15, -0.1) is 0 Å². The molecule has 1 saturated heterocycles. The van der Waals surface area contributed by atoms with E-state index in [2.05, 4.69) is 31.9 Å². The number of nitrogens with one attached hydrogen (secondary N) is 6. The van der Waals surface area contributed by atoms with Crippen molar-refractivity contribution in [2.75, 3.05) is 40.9 Å². The Morgan fingerprint density at radius 3 is 1.62 bits per heavy atom. The fourth-order valence-electron chi connectivity index (χ4n) is 8.57. The average molecular weight is 1110 g/mol. The van der Waals surface area contributed by atoms with Gasteiger partial charge < -0.3 is 76.9 Å². The Morgan fingerprint density at radius 1 is 0.603 bits per heavy atom. The third-order valence-electron chi connectivity index (χ3n) is 14.5. The minimum atomic E-state index is -2.36. The van der Waals surface area contributed by atoms with Crippen molar-refractivity contribution in [2.45, 2.75) is 174 Å². The summed E-state index contributed by atoms with van der Waals surface area (Å²) in [6.07, 6.45) is -7.73. The number of aliphatic hydroxyl groups excluding tert-OH is 5. The van der Waals surface area contributed by atoms with Gasteiger partial charge in [0.2, 0.25) is 53.4 Å². The van der Waals surface area contributed by atoms with E-state index in [1.54, 1.807) is 85.7 Å². The molecule has 1 heterocycles. The third kappa shape index (κ3) is 18.7. The highest BCUT2D eigenvalue weighted by Crippen LogP contribution is 2.20. The topological polar surface area (TPSA) is 363 Å². The minimum Gasteiger partial charge on any atom is -0.448 e. The van der Waals surface area contributed by atoms with E-state index >= 15 is 0 Å². The van der Waals surface area contributed by atoms with Crippen molar-refractivity contribution in [1.82, 2.24) is 46.6 Å². The zero-order chi connectivity index (χ0) is 59.5. The molecule has 1 fully saturated rings. The van der Waals surface area contributed by atoms with Crippen LogP contribution >= 0.6 is 0 Å². The molecular weight excluding hydrogens is 1020 g/mol. The molecule has 0 spiro atoms. The van der Waals surface area contributed by atoms with Crippen LogP contribution in [0, 0.1) is 23.7 Å². The smallest absolute Gasteiger partial charge is 0.329 e. The van der Waals surface area contributed by atoms with E-state index in [-0.39, 0.29) is 25.2 Å². The second-order valence-corrected chi connectivity index (χ2v) is 20.8. The Kier molecular flexibility index (Phi) is 27.8. The first-order valence-electron chi connectivity index (χ1n) is 26.6. The van der Waals surface area contributed by atoms with Crippen molar-refractivity contribution in [2.24, 2.45) is 23.7 Å². The lowest BCUT2D eigenvalue weighted by molar-refractivity contribution is -0.175. The van der Waals surface area contributed by atoms with Crippen molar-refractivity contribution >= 4 is 59.1 Å². The SMILES string of the molecule is CC[C@H](C)[C@@H]1NC(=O)CNC(=O)[C@H](Cc2ccccc2)N(C)C(=O)[C@H]([C@@H](C)CC)NC(=O)[C@H]([C@@H](C)O)N(C)C(=O)[C@H](CC(C)C)NC(=O)[C@@H]([C@@H](O)[C@H](O)CO)OC(=O)[C@H](C)N(C)C(=O)[C@H]([C@@H](C)CC)NC(=O)[C@H](CO)NC1=O. The third-order valence-corrected chi connectivity index (χ3v) is 14.5. The van der Waals surface area contributed by atoms with Crippen molar-refractivity contribution < 1.29 is 78.2 Å². The van der Waals surface area contributed by atoms with Crippen molar-refractivity contribution in [3.63, 3.8) is 0 Å². The maximum absolute atomic E-state index is 14.7. The quantitative estimate of drug-likeness (QED) is 0.0807. The summed E-state index contributed by atoms with van der Waals surface area (Å²) >= 11 is 0. The van der Waals surface area contributed by atoms with E-state index in [1.165, 1.54) is 27.9 Å². The molecule has 1 aromatic rings. The molecule has 25 heteroatoms. The molecule has 2 rings (SSSR count). The second-order valence-electron chi connectivity index (χ2n) is 20.8. The van der Waals surface area contributed by atoms with Gasteiger partial charge in [-0.3, -0.25) is 43.2 Å². The molecule has 9 amide bonds. The molecule has 0 unspecified atom stereocenters. The lowest BCUT2D eigenvalue weighted by Gasteiger charge is -2.36. The van der Waals surface area contributed by atoms with E-state index in [0.717, 1.165) is 21.7 Å². The van der Waals surface area contributed by atoms with Crippen LogP contribution < -0.4 is 31.9 Å². The van der Waals surface area contributed by atoms with Crippen LogP contribution in [-0.4, -0.2) is 213 Å². The summed E-state index contributed by atoms with van der Waals surface area (Å²) in [4.78, 5) is 144. The van der Waals surface area contributed by atoms with E-state index in [9.17, 15) is 73.5 Å². The molecule has 1 aromatic carbocycles. The largest absolute Gasteiger partial charge is 0.448 e. The lowest BCUT2D eigenvalue weighted by atomic mass is 9.95. The van der Waals surface area contributed by atoms with Gasteiger partial charge >= 0.3 is 5.97 Å². The van der Waals surface area contributed by atoms with Crippen LogP contribution in [0.1, 0.15) is 100 Å². The van der Waals surface area contributed by atoms with Crippen LogP contribution in [0.5, 0.6) is 0 Å². The van der Waals surface area contributed by atoms with Crippen LogP contribution in [0.2, 0.25) is 0 Å². The number of rotatable bonds is 15. The number of benzene rings is 1. The highest BCUT2D eigenvalue weighted by molar-refractivity contribution is 5.98. The first-order valence-corrected chi connectivity index (χ1v) is 26.6. The summed E-state index contributed by atoms with van der Waals surface area (Å²) in [5.41, 5.74) is 0.612. The lowest BCUT2D eigenvalue weighted by Crippen LogP contribution is -2.63. The van der Waals surface area contributed by atoms with Gasteiger partial charge in [-0.2, -0.15) is 0 Å². The van der Waals surface area contributed by atoms with Crippen molar-refractivity contribution in [3.8, 4) is 0 Å². The van der Waals surface area contributed by atoms with E-state index in [0.29, 0.717) is 18.4 Å². The number of hydrogen-bond acceptors (Lipinski definition) is 16. The summed E-state index contributed by atoms with van der Waals surface area (Å²) in [7, 11) is 3.67. The van der Waals surface area contributed by atoms with E-state index in [4.69, 9.17) is 4.74 Å². The summed E-state index contributed by atoms with van der Waals surface area (Å²) in [6, 6.07) is -3.44. The number of carbonyl (C=O) groups excluding carboxylic acids is 10. The molecule has 78 heavy (non-hydrogen) atoms. The standard InChI is InChI=1S/C53H87N9O16/c1-14-28(6)39-47(71)56-35(25-63)45(69)58-40(29(7)15-2)51(75)60(11)31(9)53(77)78-44(43(68)37(66)26-64)49(73)55-34(22-27(4)5)50(74)62(13)42(32(10)65)48(72)59-41(30(8)16-3)52(76)61(12)36(23-33-20-18-17-19-21-33)46(70)54-24-38(67)57-39/h17-21,27-32,34-37,39-44,63-66,68H,14-16,22-26H2,1-13H3,(H,54,70)(H,55,73)(H,56,71)(H,57,67)(H,58,69)(H,59,72)/t28-,29-,30-,31-,32+,34-,35-,36-,37+,39-,40-,41-,42-,43-,44+/m0/s1. The van der Waals surface area contributed by atoms with Crippen LogP contribution in [-0.2, 0) is 59.1 Å². The minimum absolute atomic E-state index is 0.0778. The number of amides is 9. The Morgan fingerprint density at radius 2 is 1.12 bits per heavy atom. The normalized spacial score (nSPS) is 27.5. The molecule has 0 saturated carbocycles. The number of nitrogens with zero attached hydrogens (tertiary/aromatic N) is 3. The van der Waals surface area contributed by atoms with Gasteiger partial charge in [0.05, 0.1) is 25.9 Å². The Bertz CT molecular complexity index is 2200. The number of esters is 1. The van der Waals surface area contributed by atoms with E-state index in [1.807, 2.05) is 0 Å². The average Bonchev–Trinajstić information content (AvgIpc) is 3.41. The maximum Gasteiger partial charge on any atom is 0.329 e. The molecule has 1 aliphatic heterocycles. The first-order chi connectivity index (χ1) is 36.5. The van der Waals surface area contributed by atoms with Crippen molar-refractivity contribution in [3.05, 3.63) is 35.9 Å². The first kappa shape index (κ1) is 67.8. The van der Waals surface area contributed by atoms with Gasteiger partial charge in [-0.25, -0.2) is 4.79 Å². The maximum atomic E-state index is 14.7. The molecule has 25 nitrogen and oxygen atoms in total. The second kappa shape index (κ2) is 32.0. The Hall–Kier alpha value is -6.28. The zero-order valence-corrected chi connectivity index (χ0v) is 47.3. The van der Waals surface area contributed by atoms with Crippen LogP contribution in [0.25, 0.3) is 0 Å². The summed E-state index contributed by atoms with van der Waals surface area (Å²) < 4.78 is 5.46. The van der Waals surface area contributed by atoms with Gasteiger partial charge in [0, 0.05) is 27.6 Å². The van der Waals surface area contributed by atoms with Crippen LogP contribution in [0.4, 0.5) is 0 Å². The molecule has 11 N–H and O–H groups in total. The predicted octanol–water partition coefficient (Wildman–Crippen LogP) is -2.53. The number of aliphatic hydroxyl groups is 5. The number of cyclic esters (lactones) is 1.